The third kappa shape index (κ3) is 2.87. The van der Waals surface area contributed by atoms with Gasteiger partial charge in [-0.15, -0.1) is 0 Å². The largest absolute Gasteiger partial charge is 0.454 e. The number of nitrogens with two attached hydrogens (primary N) is 1. The lowest BCUT2D eigenvalue weighted by Crippen LogP contribution is -2.24. The number of hydrogen-bond acceptors (Lipinski definition) is 6. The molecule has 0 saturated carbocycles. The number of nitrogens with zero attached hydrogens (tertiary/aromatic N) is 1. The summed E-state index contributed by atoms with van der Waals surface area (Å²) >= 11 is 0. The minimum absolute atomic E-state index is 0.230. The minimum atomic E-state index is -0.273. The summed E-state index contributed by atoms with van der Waals surface area (Å²) in [6, 6.07) is 8.79. The molecule has 0 fully saturated rings. The third-order valence-electron chi connectivity index (χ3n) is 3.05. The standard InChI is InChI=1S/C14H14N4O3/c15-18-10-3-4-16-11(6-10)14(19)17-7-9-1-2-12-13(5-9)21-8-20-12/h1-6H,7-8,15H2,(H,16,18)(H,17,19). The molecule has 1 aromatic carbocycles. The van der Waals surface area contributed by atoms with Gasteiger partial charge >= 0.3 is 0 Å². The molecule has 21 heavy (non-hydrogen) atoms. The highest BCUT2D eigenvalue weighted by Crippen LogP contribution is 2.32. The van der Waals surface area contributed by atoms with Gasteiger partial charge in [0.1, 0.15) is 5.69 Å². The van der Waals surface area contributed by atoms with Crippen molar-refractivity contribution in [1.82, 2.24) is 10.3 Å². The molecule has 1 aliphatic heterocycles. The van der Waals surface area contributed by atoms with Gasteiger partial charge in [0.2, 0.25) is 6.79 Å². The van der Waals surface area contributed by atoms with Crippen molar-refractivity contribution in [3.05, 3.63) is 47.8 Å². The molecule has 0 atom stereocenters. The minimum Gasteiger partial charge on any atom is -0.454 e. The summed E-state index contributed by atoms with van der Waals surface area (Å²) in [6.07, 6.45) is 1.52. The lowest BCUT2D eigenvalue weighted by molar-refractivity contribution is 0.0946. The Morgan fingerprint density at radius 1 is 1.24 bits per heavy atom. The van der Waals surface area contributed by atoms with Gasteiger partial charge in [0.15, 0.2) is 11.5 Å². The Balaban J connectivity index is 1.65. The second-order valence-corrected chi connectivity index (χ2v) is 4.44. The maximum atomic E-state index is 12.0. The molecule has 2 aromatic rings. The molecule has 2 heterocycles. The molecule has 0 aliphatic carbocycles. The van der Waals surface area contributed by atoms with E-state index in [4.69, 9.17) is 15.3 Å². The number of hydrogen-bond donors (Lipinski definition) is 3. The molecule has 7 nitrogen and oxygen atoms in total. The van der Waals surface area contributed by atoms with Gasteiger partial charge in [-0.1, -0.05) is 6.07 Å². The van der Waals surface area contributed by atoms with Gasteiger partial charge in [-0.2, -0.15) is 0 Å². The highest BCUT2D eigenvalue weighted by Gasteiger charge is 2.14. The van der Waals surface area contributed by atoms with Crippen LogP contribution in [0.2, 0.25) is 0 Å². The molecule has 4 N–H and O–H groups in total. The van der Waals surface area contributed by atoms with E-state index in [0.29, 0.717) is 29.4 Å². The fraction of sp³-hybridized carbons (Fsp3) is 0.143. The van der Waals surface area contributed by atoms with E-state index < -0.39 is 0 Å². The van der Waals surface area contributed by atoms with Crippen molar-refractivity contribution in [3.8, 4) is 11.5 Å². The number of rotatable bonds is 4. The van der Waals surface area contributed by atoms with Crippen LogP contribution in [0.3, 0.4) is 0 Å². The molecule has 1 aliphatic rings. The van der Waals surface area contributed by atoms with Crippen molar-refractivity contribution in [2.75, 3.05) is 12.2 Å². The number of nitrogen functional groups attached to an aromatic ring is 1. The topological polar surface area (TPSA) is 98.5 Å². The summed E-state index contributed by atoms with van der Waals surface area (Å²) in [5.74, 6) is 6.43. The average Bonchev–Trinajstić information content (AvgIpc) is 3.00. The van der Waals surface area contributed by atoms with Crippen molar-refractivity contribution in [1.29, 1.82) is 0 Å². The van der Waals surface area contributed by atoms with Crippen LogP contribution in [0.25, 0.3) is 0 Å². The fourth-order valence-corrected chi connectivity index (χ4v) is 1.97. The number of amides is 1. The van der Waals surface area contributed by atoms with Crippen LogP contribution in [0.15, 0.2) is 36.5 Å². The zero-order chi connectivity index (χ0) is 14.7. The van der Waals surface area contributed by atoms with Gasteiger partial charge in [-0.25, -0.2) is 0 Å². The average molecular weight is 286 g/mol. The van der Waals surface area contributed by atoms with Crippen LogP contribution in [0.1, 0.15) is 16.1 Å². The molecule has 0 bridgehead atoms. The van der Waals surface area contributed by atoms with Crippen molar-refractivity contribution in [3.63, 3.8) is 0 Å². The second kappa shape index (κ2) is 5.68. The molecule has 0 saturated heterocycles. The van der Waals surface area contributed by atoms with E-state index in [1.807, 2.05) is 18.2 Å². The maximum Gasteiger partial charge on any atom is 0.270 e. The zero-order valence-electron chi connectivity index (χ0n) is 11.1. The number of nitrogens with one attached hydrogen (secondary N) is 2. The quantitative estimate of drug-likeness (QED) is 0.573. The SMILES string of the molecule is NNc1ccnc(C(=O)NCc2ccc3c(c2)OCO3)c1. The number of pyridine rings is 1. The smallest absolute Gasteiger partial charge is 0.270 e. The number of hydrazine groups is 1. The first-order valence-electron chi connectivity index (χ1n) is 6.35. The van der Waals surface area contributed by atoms with Gasteiger partial charge in [0.05, 0.1) is 5.69 Å². The predicted octanol–water partition coefficient (Wildman–Crippen LogP) is 1.03. The Morgan fingerprint density at radius 2 is 2.10 bits per heavy atom. The highest BCUT2D eigenvalue weighted by molar-refractivity contribution is 5.93. The summed E-state index contributed by atoms with van der Waals surface area (Å²) in [7, 11) is 0. The molecule has 1 amide bonds. The Morgan fingerprint density at radius 3 is 2.95 bits per heavy atom. The first-order valence-corrected chi connectivity index (χ1v) is 6.35. The Hall–Kier alpha value is -2.80. The maximum absolute atomic E-state index is 12.0. The number of carbonyl (C=O) groups is 1. The molecule has 0 radical (unpaired) electrons. The highest BCUT2D eigenvalue weighted by atomic mass is 16.7. The molecule has 3 rings (SSSR count). The molecule has 7 heteroatoms. The van der Waals surface area contributed by atoms with Gasteiger partial charge < -0.3 is 20.2 Å². The van der Waals surface area contributed by atoms with Crippen LogP contribution >= 0.6 is 0 Å². The first kappa shape index (κ1) is 13.2. The summed E-state index contributed by atoms with van der Waals surface area (Å²) in [5.41, 5.74) is 4.31. The molecule has 0 unspecified atom stereocenters. The molecular formula is C14H14N4O3. The summed E-state index contributed by atoms with van der Waals surface area (Å²) < 4.78 is 10.5. The second-order valence-electron chi connectivity index (χ2n) is 4.44. The van der Waals surface area contributed by atoms with Crippen LogP contribution < -0.4 is 26.1 Å². The lowest BCUT2D eigenvalue weighted by Gasteiger charge is -2.07. The van der Waals surface area contributed by atoms with Crippen LogP contribution in [0.4, 0.5) is 5.69 Å². The van der Waals surface area contributed by atoms with E-state index in [1.165, 1.54) is 6.20 Å². The number of carbonyl (C=O) groups excluding carboxylic acids is 1. The zero-order valence-corrected chi connectivity index (χ0v) is 11.1. The number of benzene rings is 1. The van der Waals surface area contributed by atoms with E-state index in [1.54, 1.807) is 12.1 Å². The van der Waals surface area contributed by atoms with Crippen LogP contribution in [0, 0.1) is 0 Å². The predicted molar refractivity (Wildman–Crippen MR) is 75.8 cm³/mol. The van der Waals surface area contributed by atoms with E-state index in [9.17, 15) is 4.79 Å². The van der Waals surface area contributed by atoms with Gasteiger partial charge in [0.25, 0.3) is 5.91 Å². The van der Waals surface area contributed by atoms with E-state index >= 15 is 0 Å². The van der Waals surface area contributed by atoms with Crippen LogP contribution in [-0.2, 0) is 6.54 Å². The number of aromatic nitrogens is 1. The Kier molecular flexibility index (Phi) is 3.57. The first-order chi connectivity index (χ1) is 10.3. The normalized spacial score (nSPS) is 12.0. The van der Waals surface area contributed by atoms with Gasteiger partial charge in [-0.3, -0.25) is 15.6 Å². The number of anilines is 1. The van der Waals surface area contributed by atoms with E-state index in [0.717, 1.165) is 5.56 Å². The van der Waals surface area contributed by atoms with Crippen molar-refractivity contribution >= 4 is 11.6 Å². The molecule has 0 spiro atoms. The van der Waals surface area contributed by atoms with Crippen LogP contribution in [0.5, 0.6) is 11.5 Å². The molecule has 1 aromatic heterocycles. The number of ether oxygens (including phenoxy) is 2. The summed E-state index contributed by atoms with van der Waals surface area (Å²) in [4.78, 5) is 16.0. The van der Waals surface area contributed by atoms with Crippen molar-refractivity contribution in [2.24, 2.45) is 5.84 Å². The van der Waals surface area contributed by atoms with Crippen molar-refractivity contribution in [2.45, 2.75) is 6.54 Å². The van der Waals surface area contributed by atoms with E-state index in [-0.39, 0.29) is 12.7 Å². The Labute approximate surface area is 121 Å². The van der Waals surface area contributed by atoms with Crippen LogP contribution in [-0.4, -0.2) is 17.7 Å². The van der Waals surface area contributed by atoms with Gasteiger partial charge in [-0.05, 0) is 29.8 Å². The monoisotopic (exact) mass is 286 g/mol. The molecule has 108 valence electrons. The van der Waals surface area contributed by atoms with Gasteiger partial charge in [0, 0.05) is 12.7 Å². The van der Waals surface area contributed by atoms with Crippen molar-refractivity contribution < 1.29 is 14.3 Å². The number of fused-ring (bicyclic) bond motifs is 1. The Bertz CT molecular complexity index is 675. The summed E-state index contributed by atoms with van der Waals surface area (Å²) in [6.45, 7) is 0.603. The molecular weight excluding hydrogens is 272 g/mol. The summed E-state index contributed by atoms with van der Waals surface area (Å²) in [5, 5.41) is 2.79. The lowest BCUT2D eigenvalue weighted by atomic mass is 10.2. The van der Waals surface area contributed by atoms with E-state index in [2.05, 4.69) is 15.7 Å². The fourth-order valence-electron chi connectivity index (χ4n) is 1.97. The third-order valence-corrected chi connectivity index (χ3v) is 3.05.